The summed E-state index contributed by atoms with van der Waals surface area (Å²) in [7, 11) is -3.09. The Labute approximate surface area is 159 Å². The van der Waals surface area contributed by atoms with Gasteiger partial charge in [0.25, 0.3) is 0 Å². The fourth-order valence-corrected chi connectivity index (χ4v) is 6.42. The van der Waals surface area contributed by atoms with Crippen LogP contribution in [0.1, 0.15) is 46.0 Å². The molecule has 1 unspecified atom stereocenters. The van der Waals surface area contributed by atoms with Crippen molar-refractivity contribution in [1.29, 1.82) is 0 Å². The van der Waals surface area contributed by atoms with Gasteiger partial charge in [-0.25, -0.2) is 8.42 Å². The molecule has 0 aromatic carbocycles. The standard InChI is InChI=1S/C19H37N3O3S/c1-17(2)21-12-13-25-19(15-21)14-20-8-10-22(11-9-20)26(23,24)16-18-6-4-3-5-7-18/h17-19H,3-16H2,1-2H3. The summed E-state index contributed by atoms with van der Waals surface area (Å²) in [5.41, 5.74) is 0. The van der Waals surface area contributed by atoms with E-state index in [9.17, 15) is 8.42 Å². The van der Waals surface area contributed by atoms with Crippen LogP contribution in [0.15, 0.2) is 0 Å². The van der Waals surface area contributed by atoms with E-state index >= 15 is 0 Å². The van der Waals surface area contributed by atoms with Crippen LogP contribution in [-0.2, 0) is 14.8 Å². The predicted molar refractivity (Wildman–Crippen MR) is 105 cm³/mol. The van der Waals surface area contributed by atoms with Gasteiger partial charge in [-0.2, -0.15) is 4.31 Å². The summed E-state index contributed by atoms with van der Waals surface area (Å²) < 4.78 is 33.2. The van der Waals surface area contributed by atoms with Gasteiger partial charge in [-0.1, -0.05) is 19.3 Å². The molecule has 0 aromatic rings. The molecule has 6 nitrogen and oxygen atoms in total. The fourth-order valence-electron chi connectivity index (χ4n) is 4.56. The lowest BCUT2D eigenvalue weighted by atomic mass is 9.91. The minimum atomic E-state index is -3.09. The maximum atomic E-state index is 12.7. The van der Waals surface area contributed by atoms with Crippen LogP contribution in [-0.4, -0.2) is 92.8 Å². The second kappa shape index (κ2) is 9.32. The molecule has 0 spiro atoms. The third kappa shape index (κ3) is 5.64. The van der Waals surface area contributed by atoms with Crippen molar-refractivity contribution in [3.63, 3.8) is 0 Å². The fraction of sp³-hybridized carbons (Fsp3) is 1.00. The molecular formula is C19H37N3O3S. The van der Waals surface area contributed by atoms with E-state index in [0.29, 0.717) is 30.8 Å². The summed E-state index contributed by atoms with van der Waals surface area (Å²) in [5.74, 6) is 0.742. The van der Waals surface area contributed by atoms with Gasteiger partial charge in [0, 0.05) is 51.9 Å². The van der Waals surface area contributed by atoms with Crippen LogP contribution in [0, 0.1) is 5.92 Å². The number of morpholine rings is 1. The van der Waals surface area contributed by atoms with Gasteiger partial charge in [-0.15, -0.1) is 0 Å². The first-order valence-electron chi connectivity index (χ1n) is 10.5. The van der Waals surface area contributed by atoms with Gasteiger partial charge in [-0.05, 0) is 32.6 Å². The van der Waals surface area contributed by atoms with Crippen molar-refractivity contribution in [1.82, 2.24) is 14.1 Å². The monoisotopic (exact) mass is 387 g/mol. The highest BCUT2D eigenvalue weighted by molar-refractivity contribution is 7.89. The maximum Gasteiger partial charge on any atom is 0.214 e. The summed E-state index contributed by atoms with van der Waals surface area (Å²) >= 11 is 0. The molecule has 7 heteroatoms. The quantitative estimate of drug-likeness (QED) is 0.693. The van der Waals surface area contributed by atoms with Gasteiger partial charge in [0.05, 0.1) is 18.5 Å². The first-order valence-corrected chi connectivity index (χ1v) is 12.1. The minimum Gasteiger partial charge on any atom is -0.374 e. The molecule has 3 fully saturated rings. The van der Waals surface area contributed by atoms with Crippen LogP contribution in [0.25, 0.3) is 0 Å². The Bertz CT molecular complexity index is 526. The van der Waals surface area contributed by atoms with E-state index in [1.807, 2.05) is 0 Å². The van der Waals surface area contributed by atoms with E-state index < -0.39 is 10.0 Å². The van der Waals surface area contributed by atoms with Crippen LogP contribution < -0.4 is 0 Å². The zero-order chi connectivity index (χ0) is 18.6. The number of sulfonamides is 1. The van der Waals surface area contributed by atoms with Crippen molar-refractivity contribution in [2.24, 2.45) is 5.92 Å². The average Bonchev–Trinajstić information content (AvgIpc) is 2.63. The van der Waals surface area contributed by atoms with E-state index in [1.54, 1.807) is 4.31 Å². The molecule has 2 heterocycles. The molecule has 3 aliphatic rings. The third-order valence-electron chi connectivity index (χ3n) is 6.26. The Kier molecular flexibility index (Phi) is 7.36. The molecule has 0 radical (unpaired) electrons. The molecule has 2 aliphatic heterocycles. The molecule has 3 rings (SSSR count). The van der Waals surface area contributed by atoms with Crippen molar-refractivity contribution in [2.75, 3.05) is 58.2 Å². The molecule has 0 aromatic heterocycles. The Hall–Kier alpha value is -0.210. The molecule has 1 atom stereocenters. The highest BCUT2D eigenvalue weighted by Gasteiger charge is 2.31. The normalized spacial score (nSPS) is 28.7. The first kappa shape index (κ1) is 20.5. The second-order valence-electron chi connectivity index (χ2n) is 8.56. The van der Waals surface area contributed by atoms with Crippen LogP contribution in [0.5, 0.6) is 0 Å². The molecule has 0 amide bonds. The summed E-state index contributed by atoms with van der Waals surface area (Å²) in [6.45, 7) is 11.1. The molecule has 2 saturated heterocycles. The van der Waals surface area contributed by atoms with Gasteiger partial charge in [0.2, 0.25) is 10.0 Å². The van der Waals surface area contributed by atoms with Crippen molar-refractivity contribution in [3.05, 3.63) is 0 Å². The Morgan fingerprint density at radius 1 is 1.00 bits per heavy atom. The molecule has 152 valence electrons. The third-order valence-corrected chi connectivity index (χ3v) is 8.30. The lowest BCUT2D eigenvalue weighted by molar-refractivity contribution is -0.0545. The largest absolute Gasteiger partial charge is 0.374 e. The van der Waals surface area contributed by atoms with Crippen molar-refractivity contribution < 1.29 is 13.2 Å². The van der Waals surface area contributed by atoms with Crippen molar-refractivity contribution in [2.45, 2.75) is 58.1 Å². The van der Waals surface area contributed by atoms with E-state index in [2.05, 4.69) is 23.6 Å². The predicted octanol–water partition coefficient (Wildman–Crippen LogP) is 1.62. The van der Waals surface area contributed by atoms with E-state index in [-0.39, 0.29) is 6.10 Å². The van der Waals surface area contributed by atoms with Crippen LogP contribution in [0.3, 0.4) is 0 Å². The Balaban J connectivity index is 1.43. The van der Waals surface area contributed by atoms with Gasteiger partial charge >= 0.3 is 0 Å². The zero-order valence-corrected chi connectivity index (χ0v) is 17.4. The maximum absolute atomic E-state index is 12.7. The van der Waals surface area contributed by atoms with Gasteiger partial charge in [0.15, 0.2) is 0 Å². The zero-order valence-electron chi connectivity index (χ0n) is 16.6. The van der Waals surface area contributed by atoms with Crippen LogP contribution in [0.4, 0.5) is 0 Å². The lowest BCUT2D eigenvalue weighted by Crippen LogP contribution is -2.54. The molecule has 1 aliphatic carbocycles. The topological polar surface area (TPSA) is 53.1 Å². The number of ether oxygens (including phenoxy) is 1. The highest BCUT2D eigenvalue weighted by atomic mass is 32.2. The second-order valence-corrected chi connectivity index (χ2v) is 10.6. The summed E-state index contributed by atoms with van der Waals surface area (Å²) in [6.07, 6.45) is 6.09. The van der Waals surface area contributed by atoms with E-state index in [0.717, 1.165) is 52.2 Å². The first-order chi connectivity index (χ1) is 12.4. The summed E-state index contributed by atoms with van der Waals surface area (Å²) in [6, 6.07) is 0.558. The Morgan fingerprint density at radius 3 is 2.35 bits per heavy atom. The molecule has 0 bridgehead atoms. The number of hydrogen-bond donors (Lipinski definition) is 0. The Morgan fingerprint density at radius 2 is 1.69 bits per heavy atom. The summed E-state index contributed by atoms with van der Waals surface area (Å²) in [4.78, 5) is 4.85. The number of piperazine rings is 1. The lowest BCUT2D eigenvalue weighted by Gasteiger charge is -2.40. The molecule has 0 N–H and O–H groups in total. The average molecular weight is 388 g/mol. The highest BCUT2D eigenvalue weighted by Crippen LogP contribution is 2.26. The molecular weight excluding hydrogens is 350 g/mol. The molecule has 1 saturated carbocycles. The number of nitrogens with zero attached hydrogens (tertiary/aromatic N) is 3. The van der Waals surface area contributed by atoms with Gasteiger partial charge < -0.3 is 4.74 Å². The van der Waals surface area contributed by atoms with E-state index in [4.69, 9.17) is 4.74 Å². The van der Waals surface area contributed by atoms with Crippen LogP contribution >= 0.6 is 0 Å². The molecule has 26 heavy (non-hydrogen) atoms. The minimum absolute atomic E-state index is 0.247. The van der Waals surface area contributed by atoms with Crippen molar-refractivity contribution in [3.8, 4) is 0 Å². The smallest absolute Gasteiger partial charge is 0.214 e. The SMILES string of the molecule is CC(C)N1CCOC(CN2CCN(S(=O)(=O)CC3CCCCC3)CC2)C1. The van der Waals surface area contributed by atoms with Crippen molar-refractivity contribution >= 4 is 10.0 Å². The summed E-state index contributed by atoms with van der Waals surface area (Å²) in [5, 5.41) is 0. The van der Waals surface area contributed by atoms with Gasteiger partial charge in [-0.3, -0.25) is 9.80 Å². The van der Waals surface area contributed by atoms with Crippen LogP contribution in [0.2, 0.25) is 0 Å². The van der Waals surface area contributed by atoms with Gasteiger partial charge in [0.1, 0.15) is 0 Å². The number of hydrogen-bond acceptors (Lipinski definition) is 5. The number of rotatable bonds is 6. The van der Waals surface area contributed by atoms with E-state index in [1.165, 1.54) is 19.3 Å².